The third-order valence-electron chi connectivity index (χ3n) is 3.46. The van der Waals surface area contributed by atoms with Gasteiger partial charge in [0.1, 0.15) is 0 Å². The summed E-state index contributed by atoms with van der Waals surface area (Å²) in [5.41, 5.74) is 0.468. The largest absolute Gasteiger partial charge is 0.478 e. The molecule has 0 heterocycles. The molecular weight excluding hydrogens is 230 g/mol. The van der Waals surface area contributed by atoms with Crippen LogP contribution in [0.25, 0.3) is 0 Å². The molecule has 0 aromatic heterocycles. The average Bonchev–Trinajstić information content (AvgIpc) is 2.37. The number of hydrogen-bond acceptors (Lipinski definition) is 2. The van der Waals surface area contributed by atoms with Crippen LogP contribution >= 0.6 is 0 Å². The Hall–Kier alpha value is -1.84. The maximum absolute atomic E-state index is 12.2. The molecule has 1 amide bonds. The summed E-state index contributed by atoms with van der Waals surface area (Å²) in [6.45, 7) is 6.02. The predicted octanol–water partition coefficient (Wildman–Crippen LogP) is 2.65. The van der Waals surface area contributed by atoms with Gasteiger partial charge >= 0.3 is 5.97 Å². The number of carbonyl (C=O) groups excluding carboxylic acids is 1. The highest BCUT2D eigenvalue weighted by molar-refractivity contribution is 5.96. The fourth-order valence-electron chi connectivity index (χ4n) is 1.46. The van der Waals surface area contributed by atoms with Crippen LogP contribution in [0.1, 0.15) is 47.9 Å². The third-order valence-corrected chi connectivity index (χ3v) is 3.46. The molecule has 0 saturated heterocycles. The summed E-state index contributed by atoms with van der Waals surface area (Å²) >= 11 is 0. The van der Waals surface area contributed by atoms with Crippen LogP contribution in [0.15, 0.2) is 24.3 Å². The molecule has 0 aliphatic heterocycles. The molecule has 1 aromatic carbocycles. The number of carbonyl (C=O) groups is 2. The zero-order valence-electron chi connectivity index (χ0n) is 11.2. The molecule has 0 unspecified atom stereocenters. The molecule has 0 aliphatic rings. The molecule has 0 bridgehead atoms. The highest BCUT2D eigenvalue weighted by atomic mass is 16.4. The molecule has 1 aromatic rings. The van der Waals surface area contributed by atoms with Crippen LogP contribution in [0.5, 0.6) is 0 Å². The van der Waals surface area contributed by atoms with E-state index < -0.39 is 5.97 Å². The normalized spacial score (nSPS) is 11.1. The zero-order chi connectivity index (χ0) is 13.9. The zero-order valence-corrected chi connectivity index (χ0v) is 11.2. The molecule has 0 spiro atoms. The van der Waals surface area contributed by atoms with Crippen LogP contribution in [-0.4, -0.2) is 34.5 Å². The van der Waals surface area contributed by atoms with Gasteiger partial charge in [0, 0.05) is 18.2 Å². The number of carboxylic acid groups (broad SMARTS) is 1. The van der Waals surface area contributed by atoms with E-state index in [9.17, 15) is 9.59 Å². The molecule has 0 saturated carbocycles. The topological polar surface area (TPSA) is 57.6 Å². The van der Waals surface area contributed by atoms with Gasteiger partial charge in [0.05, 0.1) is 5.56 Å². The minimum absolute atomic E-state index is 0.0983. The van der Waals surface area contributed by atoms with Crippen molar-refractivity contribution in [2.75, 3.05) is 7.05 Å². The van der Waals surface area contributed by atoms with Crippen LogP contribution in [0.4, 0.5) is 0 Å². The highest BCUT2D eigenvalue weighted by Crippen LogP contribution is 2.19. The third kappa shape index (κ3) is 2.88. The Bertz CT molecular complexity index is 449. The second-order valence-corrected chi connectivity index (χ2v) is 4.91. The first-order valence-corrected chi connectivity index (χ1v) is 5.91. The van der Waals surface area contributed by atoms with E-state index in [1.54, 1.807) is 24.1 Å². The van der Waals surface area contributed by atoms with Crippen molar-refractivity contribution >= 4 is 11.9 Å². The number of benzene rings is 1. The van der Waals surface area contributed by atoms with Crippen molar-refractivity contribution in [2.45, 2.75) is 32.7 Å². The Kier molecular flexibility index (Phi) is 4.11. The fourth-order valence-corrected chi connectivity index (χ4v) is 1.46. The lowest BCUT2D eigenvalue weighted by Gasteiger charge is -2.34. The highest BCUT2D eigenvalue weighted by Gasteiger charge is 2.26. The number of aromatic carboxylic acids is 1. The van der Waals surface area contributed by atoms with Gasteiger partial charge in [-0.15, -0.1) is 0 Å². The second-order valence-electron chi connectivity index (χ2n) is 4.91. The quantitative estimate of drug-likeness (QED) is 0.892. The van der Waals surface area contributed by atoms with Crippen LogP contribution in [0, 0.1) is 0 Å². The minimum Gasteiger partial charge on any atom is -0.478 e. The van der Waals surface area contributed by atoms with Gasteiger partial charge in [-0.05, 0) is 44.5 Å². The summed E-state index contributed by atoms with van der Waals surface area (Å²) in [4.78, 5) is 24.6. The number of carboxylic acids is 1. The Morgan fingerprint density at radius 3 is 2.00 bits per heavy atom. The van der Waals surface area contributed by atoms with E-state index >= 15 is 0 Å². The smallest absolute Gasteiger partial charge is 0.335 e. The van der Waals surface area contributed by atoms with Gasteiger partial charge < -0.3 is 10.0 Å². The summed E-state index contributed by atoms with van der Waals surface area (Å²) in [6, 6.07) is 5.99. The van der Waals surface area contributed by atoms with Gasteiger partial charge in [-0.25, -0.2) is 4.79 Å². The van der Waals surface area contributed by atoms with Gasteiger partial charge in [0.25, 0.3) is 5.91 Å². The monoisotopic (exact) mass is 249 g/mol. The maximum Gasteiger partial charge on any atom is 0.335 e. The first kappa shape index (κ1) is 14.2. The summed E-state index contributed by atoms with van der Waals surface area (Å²) in [6.07, 6.45) is 0.850. The molecule has 4 heteroatoms. The van der Waals surface area contributed by atoms with Crippen molar-refractivity contribution in [1.29, 1.82) is 0 Å². The lowest BCUT2D eigenvalue weighted by Crippen LogP contribution is -2.44. The van der Waals surface area contributed by atoms with Crippen molar-refractivity contribution in [1.82, 2.24) is 4.90 Å². The number of amides is 1. The summed E-state index contributed by atoms with van der Waals surface area (Å²) in [5, 5.41) is 8.80. The number of rotatable bonds is 4. The molecule has 0 fully saturated rings. The van der Waals surface area contributed by atoms with Crippen molar-refractivity contribution < 1.29 is 14.7 Å². The Morgan fingerprint density at radius 1 is 1.17 bits per heavy atom. The molecule has 0 atom stereocenters. The van der Waals surface area contributed by atoms with E-state index in [1.807, 2.05) is 20.8 Å². The first-order chi connectivity index (χ1) is 8.29. The van der Waals surface area contributed by atoms with Crippen LogP contribution in [0.3, 0.4) is 0 Å². The van der Waals surface area contributed by atoms with Gasteiger partial charge in [-0.2, -0.15) is 0 Å². The maximum atomic E-state index is 12.2. The fraction of sp³-hybridized carbons (Fsp3) is 0.429. The van der Waals surface area contributed by atoms with E-state index in [1.165, 1.54) is 12.1 Å². The molecule has 4 nitrogen and oxygen atoms in total. The van der Waals surface area contributed by atoms with Gasteiger partial charge in [-0.3, -0.25) is 4.79 Å². The molecule has 1 rings (SSSR count). The average molecular weight is 249 g/mol. The SMILES string of the molecule is CCC(C)(C)N(C)C(=O)c1ccc(C(=O)O)cc1. The summed E-state index contributed by atoms with van der Waals surface area (Å²) in [5.74, 6) is -1.09. The molecule has 1 N–H and O–H groups in total. The van der Waals surface area contributed by atoms with Gasteiger partial charge in [0.15, 0.2) is 0 Å². The molecule has 0 aliphatic carbocycles. The Morgan fingerprint density at radius 2 is 1.61 bits per heavy atom. The van der Waals surface area contributed by atoms with Crippen molar-refractivity contribution in [3.8, 4) is 0 Å². The standard InChI is InChI=1S/C14H19NO3/c1-5-14(2,3)15(4)12(16)10-6-8-11(9-7-10)13(17)18/h6-9H,5H2,1-4H3,(H,17,18). The summed E-state index contributed by atoms with van der Waals surface area (Å²) < 4.78 is 0. The molecular formula is C14H19NO3. The van der Waals surface area contributed by atoms with Crippen molar-refractivity contribution in [2.24, 2.45) is 0 Å². The van der Waals surface area contributed by atoms with E-state index in [0.29, 0.717) is 5.56 Å². The van der Waals surface area contributed by atoms with Crippen molar-refractivity contribution in [3.63, 3.8) is 0 Å². The van der Waals surface area contributed by atoms with Gasteiger partial charge in [-0.1, -0.05) is 6.92 Å². The second kappa shape index (κ2) is 5.21. The predicted molar refractivity (Wildman–Crippen MR) is 69.9 cm³/mol. The van der Waals surface area contributed by atoms with E-state index in [2.05, 4.69) is 0 Å². The van der Waals surface area contributed by atoms with E-state index in [0.717, 1.165) is 6.42 Å². The molecule has 98 valence electrons. The minimum atomic E-state index is -0.990. The van der Waals surface area contributed by atoms with Gasteiger partial charge in [0.2, 0.25) is 0 Å². The lowest BCUT2D eigenvalue weighted by atomic mass is 9.98. The van der Waals surface area contributed by atoms with Crippen molar-refractivity contribution in [3.05, 3.63) is 35.4 Å². The van der Waals surface area contributed by atoms with E-state index in [-0.39, 0.29) is 17.0 Å². The van der Waals surface area contributed by atoms with Crippen LogP contribution < -0.4 is 0 Å². The number of hydrogen-bond donors (Lipinski definition) is 1. The Balaban J connectivity index is 2.94. The summed E-state index contributed by atoms with van der Waals surface area (Å²) in [7, 11) is 1.76. The molecule has 0 radical (unpaired) electrons. The van der Waals surface area contributed by atoms with E-state index in [4.69, 9.17) is 5.11 Å². The van der Waals surface area contributed by atoms with Crippen LogP contribution in [-0.2, 0) is 0 Å². The lowest BCUT2D eigenvalue weighted by molar-refractivity contribution is 0.0617. The first-order valence-electron chi connectivity index (χ1n) is 5.91. The molecule has 18 heavy (non-hydrogen) atoms. The van der Waals surface area contributed by atoms with Crippen LogP contribution in [0.2, 0.25) is 0 Å². The Labute approximate surface area is 107 Å². The number of nitrogens with zero attached hydrogens (tertiary/aromatic N) is 1.